The van der Waals surface area contributed by atoms with Crippen molar-refractivity contribution in [2.45, 2.75) is 24.2 Å². The summed E-state index contributed by atoms with van der Waals surface area (Å²) in [6.07, 6.45) is 2.68. The molecule has 0 amide bonds. The third-order valence-corrected chi connectivity index (χ3v) is 3.37. The van der Waals surface area contributed by atoms with Crippen LogP contribution >= 0.6 is 0 Å². The molecular weight excluding hydrogens is 205 g/mol. The Morgan fingerprint density at radius 3 is 2.36 bits per heavy atom. The molecule has 1 aliphatic carbocycles. The van der Waals surface area contributed by atoms with Crippen molar-refractivity contribution in [1.29, 1.82) is 0 Å². The molecule has 14 heavy (non-hydrogen) atoms. The Kier molecular flexibility index (Phi) is 1.99. The van der Waals surface area contributed by atoms with Crippen molar-refractivity contribution in [2.75, 3.05) is 5.73 Å². The normalized spacial score (nSPS) is 15.5. The SMILES string of the molecule is Nc1cc2c(cc1S(=O)(=O)F)CCC2. The molecule has 76 valence electrons. The molecule has 0 radical (unpaired) electrons. The minimum Gasteiger partial charge on any atom is -0.398 e. The highest BCUT2D eigenvalue weighted by atomic mass is 32.3. The lowest BCUT2D eigenvalue weighted by atomic mass is 10.1. The summed E-state index contributed by atoms with van der Waals surface area (Å²) in [5.41, 5.74) is 7.40. The summed E-state index contributed by atoms with van der Waals surface area (Å²) < 4.78 is 34.2. The van der Waals surface area contributed by atoms with Crippen LogP contribution in [-0.2, 0) is 23.1 Å². The monoisotopic (exact) mass is 215 g/mol. The van der Waals surface area contributed by atoms with Gasteiger partial charge in [0.1, 0.15) is 4.90 Å². The summed E-state index contributed by atoms with van der Waals surface area (Å²) in [5.74, 6) is 0. The van der Waals surface area contributed by atoms with Crippen molar-refractivity contribution >= 4 is 15.9 Å². The number of fused-ring (bicyclic) bond motifs is 1. The third-order valence-electron chi connectivity index (χ3n) is 2.49. The van der Waals surface area contributed by atoms with E-state index >= 15 is 0 Å². The van der Waals surface area contributed by atoms with Gasteiger partial charge >= 0.3 is 10.2 Å². The number of hydrogen-bond donors (Lipinski definition) is 1. The zero-order valence-corrected chi connectivity index (χ0v) is 8.27. The maximum Gasteiger partial charge on any atom is 0.334 e. The van der Waals surface area contributed by atoms with Gasteiger partial charge in [-0.25, -0.2) is 0 Å². The van der Waals surface area contributed by atoms with Gasteiger partial charge < -0.3 is 5.73 Å². The lowest BCUT2D eigenvalue weighted by molar-refractivity contribution is 0.552. The molecule has 0 bridgehead atoms. The third kappa shape index (κ3) is 1.48. The lowest BCUT2D eigenvalue weighted by Crippen LogP contribution is -2.01. The largest absolute Gasteiger partial charge is 0.398 e. The Morgan fingerprint density at radius 2 is 1.79 bits per heavy atom. The maximum absolute atomic E-state index is 12.7. The van der Waals surface area contributed by atoms with Crippen molar-refractivity contribution in [3.8, 4) is 0 Å². The number of hydrogen-bond acceptors (Lipinski definition) is 3. The first-order valence-corrected chi connectivity index (χ1v) is 5.73. The zero-order valence-electron chi connectivity index (χ0n) is 7.46. The molecule has 0 fully saturated rings. The van der Waals surface area contributed by atoms with E-state index in [9.17, 15) is 12.3 Å². The Balaban J connectivity index is 2.65. The Bertz CT molecular complexity index is 482. The van der Waals surface area contributed by atoms with E-state index in [2.05, 4.69) is 0 Å². The molecule has 0 saturated heterocycles. The van der Waals surface area contributed by atoms with E-state index in [1.165, 1.54) is 6.07 Å². The van der Waals surface area contributed by atoms with Crippen LogP contribution in [0.25, 0.3) is 0 Å². The molecule has 0 saturated carbocycles. The number of rotatable bonds is 1. The Hall–Kier alpha value is -1.10. The predicted octanol–water partition coefficient (Wildman–Crippen LogP) is 1.42. The Labute approximate surface area is 81.9 Å². The average Bonchev–Trinajstić information content (AvgIpc) is 2.47. The van der Waals surface area contributed by atoms with Crippen molar-refractivity contribution in [2.24, 2.45) is 0 Å². The number of anilines is 1. The minimum absolute atomic E-state index is 0.00755. The van der Waals surface area contributed by atoms with Crippen molar-refractivity contribution < 1.29 is 12.3 Å². The lowest BCUT2D eigenvalue weighted by Gasteiger charge is -2.04. The van der Waals surface area contributed by atoms with Crippen LogP contribution in [0.2, 0.25) is 0 Å². The van der Waals surface area contributed by atoms with Crippen LogP contribution in [0, 0.1) is 0 Å². The van der Waals surface area contributed by atoms with Crippen LogP contribution in [0.1, 0.15) is 17.5 Å². The first-order chi connectivity index (χ1) is 6.48. The van der Waals surface area contributed by atoms with Crippen LogP contribution in [0.3, 0.4) is 0 Å². The second-order valence-corrected chi connectivity index (χ2v) is 4.77. The summed E-state index contributed by atoms with van der Waals surface area (Å²) >= 11 is 0. The number of benzene rings is 1. The number of halogens is 1. The van der Waals surface area contributed by atoms with Crippen LogP contribution < -0.4 is 5.73 Å². The van der Waals surface area contributed by atoms with E-state index < -0.39 is 15.1 Å². The summed E-state index contributed by atoms with van der Waals surface area (Å²) in [7, 11) is -4.68. The van der Waals surface area contributed by atoms with Gasteiger partial charge in [-0.05, 0) is 42.5 Å². The highest BCUT2D eigenvalue weighted by Gasteiger charge is 2.20. The van der Waals surface area contributed by atoms with Gasteiger partial charge in [0.25, 0.3) is 0 Å². The number of nitrogen functional groups attached to an aromatic ring is 1. The summed E-state index contributed by atoms with van der Waals surface area (Å²) in [5, 5.41) is 0. The van der Waals surface area contributed by atoms with Crippen LogP contribution in [0.15, 0.2) is 17.0 Å². The Morgan fingerprint density at radius 1 is 1.21 bits per heavy atom. The highest BCUT2D eigenvalue weighted by molar-refractivity contribution is 7.86. The van der Waals surface area contributed by atoms with Crippen LogP contribution in [0.4, 0.5) is 9.57 Å². The fourth-order valence-corrected chi connectivity index (χ4v) is 2.46. The predicted molar refractivity (Wildman–Crippen MR) is 51.2 cm³/mol. The average molecular weight is 215 g/mol. The van der Waals surface area contributed by atoms with E-state index in [4.69, 9.17) is 5.73 Å². The summed E-state index contributed by atoms with van der Waals surface area (Å²) in [6.45, 7) is 0. The molecule has 1 aliphatic rings. The molecule has 3 nitrogen and oxygen atoms in total. The van der Waals surface area contributed by atoms with Crippen molar-refractivity contribution in [3.63, 3.8) is 0 Å². The molecule has 0 heterocycles. The molecule has 2 N–H and O–H groups in total. The first-order valence-electron chi connectivity index (χ1n) is 4.34. The van der Waals surface area contributed by atoms with E-state index in [1.807, 2.05) is 0 Å². The fraction of sp³-hybridized carbons (Fsp3) is 0.333. The molecule has 1 aromatic carbocycles. The van der Waals surface area contributed by atoms with Gasteiger partial charge in [0.15, 0.2) is 0 Å². The van der Waals surface area contributed by atoms with Gasteiger partial charge in [-0.15, -0.1) is 3.89 Å². The van der Waals surface area contributed by atoms with Gasteiger partial charge in [0, 0.05) is 0 Å². The number of aryl methyl sites for hydroxylation is 2. The second kappa shape index (κ2) is 2.95. The minimum atomic E-state index is -4.68. The molecule has 5 heteroatoms. The van der Waals surface area contributed by atoms with E-state index in [0.29, 0.717) is 0 Å². The van der Waals surface area contributed by atoms with E-state index in [0.717, 1.165) is 30.4 Å². The molecule has 2 rings (SSSR count). The van der Waals surface area contributed by atoms with Gasteiger partial charge in [-0.3, -0.25) is 0 Å². The first kappa shape index (κ1) is 9.45. The van der Waals surface area contributed by atoms with Gasteiger partial charge in [-0.2, -0.15) is 8.42 Å². The quantitative estimate of drug-likeness (QED) is 0.569. The van der Waals surface area contributed by atoms with E-state index in [1.54, 1.807) is 6.07 Å². The molecule has 0 aromatic heterocycles. The topological polar surface area (TPSA) is 60.2 Å². The molecule has 0 spiro atoms. The fourth-order valence-electron chi connectivity index (χ4n) is 1.83. The van der Waals surface area contributed by atoms with Crippen LogP contribution in [-0.4, -0.2) is 8.42 Å². The maximum atomic E-state index is 12.7. The molecule has 0 aliphatic heterocycles. The summed E-state index contributed by atoms with van der Waals surface area (Å²) in [6, 6.07) is 2.92. The standard InChI is InChI=1S/C9H10FNO2S/c10-14(12,13)9-5-7-3-1-2-6(7)4-8(9)11/h4-5H,1-3,11H2. The van der Waals surface area contributed by atoms with Crippen molar-refractivity contribution in [1.82, 2.24) is 0 Å². The molecule has 1 aromatic rings. The molecule has 0 unspecified atom stereocenters. The van der Waals surface area contributed by atoms with Crippen LogP contribution in [0.5, 0.6) is 0 Å². The second-order valence-electron chi connectivity index (χ2n) is 3.45. The smallest absolute Gasteiger partial charge is 0.334 e. The highest BCUT2D eigenvalue weighted by Crippen LogP contribution is 2.30. The van der Waals surface area contributed by atoms with Gasteiger partial charge in [-0.1, -0.05) is 0 Å². The van der Waals surface area contributed by atoms with Gasteiger partial charge in [0.2, 0.25) is 0 Å². The number of nitrogens with two attached hydrogens (primary N) is 1. The summed E-state index contributed by atoms with van der Waals surface area (Å²) in [4.78, 5) is -0.391. The van der Waals surface area contributed by atoms with E-state index in [-0.39, 0.29) is 5.69 Å². The molecule has 0 atom stereocenters. The van der Waals surface area contributed by atoms with Gasteiger partial charge in [0.05, 0.1) is 5.69 Å². The molecular formula is C9H10FNO2S. The van der Waals surface area contributed by atoms with Crippen molar-refractivity contribution in [3.05, 3.63) is 23.3 Å². The zero-order chi connectivity index (χ0) is 10.3.